The Hall–Kier alpha value is -1.88. The van der Waals surface area contributed by atoms with Gasteiger partial charge in [-0.05, 0) is 38.8 Å². The molecule has 5 nitrogen and oxygen atoms in total. The third-order valence-corrected chi connectivity index (χ3v) is 4.82. The summed E-state index contributed by atoms with van der Waals surface area (Å²) in [4.78, 5) is 27.8. The van der Waals surface area contributed by atoms with Crippen molar-refractivity contribution in [2.24, 2.45) is 11.7 Å². The second kappa shape index (κ2) is 8.11. The van der Waals surface area contributed by atoms with E-state index in [0.29, 0.717) is 25.9 Å². The number of piperidine rings is 1. The fraction of sp³-hybridized carbons (Fsp3) is 0.556. The second-order valence-corrected chi connectivity index (χ2v) is 6.39. The normalized spacial score (nSPS) is 17.3. The van der Waals surface area contributed by atoms with Crippen LogP contribution in [-0.2, 0) is 16.0 Å². The average molecular weight is 317 g/mol. The van der Waals surface area contributed by atoms with Crippen molar-refractivity contribution in [1.82, 2.24) is 9.80 Å². The zero-order chi connectivity index (χ0) is 16.8. The van der Waals surface area contributed by atoms with E-state index in [9.17, 15) is 9.59 Å². The first kappa shape index (κ1) is 17.5. The molecule has 0 aromatic heterocycles. The van der Waals surface area contributed by atoms with Crippen molar-refractivity contribution in [3.63, 3.8) is 0 Å². The summed E-state index contributed by atoms with van der Waals surface area (Å²) in [6.07, 6.45) is 2.29. The molecule has 1 aliphatic rings. The van der Waals surface area contributed by atoms with Gasteiger partial charge in [0.05, 0.1) is 6.04 Å². The van der Waals surface area contributed by atoms with Gasteiger partial charge < -0.3 is 10.6 Å². The lowest BCUT2D eigenvalue weighted by atomic mass is 9.96. The maximum atomic E-state index is 12.6. The highest BCUT2D eigenvalue weighted by molar-refractivity contribution is 5.82. The van der Waals surface area contributed by atoms with E-state index >= 15 is 0 Å². The summed E-state index contributed by atoms with van der Waals surface area (Å²) in [6.45, 7) is 4.05. The summed E-state index contributed by atoms with van der Waals surface area (Å²) in [6, 6.07) is 10.1. The quantitative estimate of drug-likeness (QED) is 0.859. The van der Waals surface area contributed by atoms with Gasteiger partial charge in [-0.25, -0.2) is 0 Å². The lowest BCUT2D eigenvalue weighted by Gasteiger charge is -2.34. The molecule has 1 atom stereocenters. The van der Waals surface area contributed by atoms with E-state index in [1.807, 2.05) is 37.1 Å². The molecule has 0 radical (unpaired) electrons. The first-order chi connectivity index (χ1) is 11.0. The smallest absolute Gasteiger partial charge is 0.239 e. The van der Waals surface area contributed by atoms with Crippen molar-refractivity contribution in [3.8, 4) is 0 Å². The van der Waals surface area contributed by atoms with Gasteiger partial charge in [0, 0.05) is 25.6 Å². The molecule has 0 saturated carbocycles. The zero-order valence-corrected chi connectivity index (χ0v) is 14.1. The van der Waals surface area contributed by atoms with E-state index in [-0.39, 0.29) is 23.8 Å². The Morgan fingerprint density at radius 2 is 1.87 bits per heavy atom. The Morgan fingerprint density at radius 3 is 2.43 bits per heavy atom. The molecule has 1 aromatic rings. The van der Waals surface area contributed by atoms with E-state index in [0.717, 1.165) is 13.0 Å². The van der Waals surface area contributed by atoms with Gasteiger partial charge in [0.2, 0.25) is 11.8 Å². The summed E-state index contributed by atoms with van der Waals surface area (Å²) in [5, 5.41) is 0. The van der Waals surface area contributed by atoms with Crippen LogP contribution in [0.2, 0.25) is 0 Å². The molecule has 1 aliphatic heterocycles. The minimum atomic E-state index is -0.245. The number of likely N-dealkylation sites (tertiary alicyclic amines) is 1. The van der Waals surface area contributed by atoms with E-state index < -0.39 is 0 Å². The lowest BCUT2D eigenvalue weighted by Crippen LogP contribution is -2.49. The third kappa shape index (κ3) is 4.79. The Morgan fingerprint density at radius 1 is 1.26 bits per heavy atom. The summed E-state index contributed by atoms with van der Waals surface area (Å²) in [5.74, 6) is -0.182. The minimum Gasteiger partial charge on any atom is -0.369 e. The number of hydrogen-bond donors (Lipinski definition) is 1. The van der Waals surface area contributed by atoms with Crippen LogP contribution in [-0.4, -0.2) is 54.3 Å². The summed E-state index contributed by atoms with van der Waals surface area (Å²) in [5.41, 5.74) is 6.62. The van der Waals surface area contributed by atoms with Gasteiger partial charge >= 0.3 is 0 Å². The molecule has 126 valence electrons. The van der Waals surface area contributed by atoms with Crippen LogP contribution in [0.5, 0.6) is 0 Å². The molecule has 1 unspecified atom stereocenters. The van der Waals surface area contributed by atoms with Gasteiger partial charge in [0.15, 0.2) is 0 Å². The lowest BCUT2D eigenvalue weighted by molar-refractivity contribution is -0.139. The van der Waals surface area contributed by atoms with Gasteiger partial charge in [-0.2, -0.15) is 0 Å². The highest BCUT2D eigenvalue weighted by Gasteiger charge is 2.29. The molecular formula is C18H27N3O2. The number of benzene rings is 1. The number of nitrogens with two attached hydrogens (primary N) is 1. The van der Waals surface area contributed by atoms with Crippen LogP contribution in [0, 0.1) is 5.92 Å². The zero-order valence-electron chi connectivity index (χ0n) is 14.1. The number of primary amides is 1. The number of hydrogen-bond acceptors (Lipinski definition) is 3. The van der Waals surface area contributed by atoms with Crippen LogP contribution in [0.3, 0.4) is 0 Å². The minimum absolute atomic E-state index is 0.0785. The molecule has 2 amide bonds. The van der Waals surface area contributed by atoms with E-state index in [1.165, 1.54) is 5.56 Å². The van der Waals surface area contributed by atoms with E-state index in [1.54, 1.807) is 0 Å². The third-order valence-electron chi connectivity index (χ3n) is 4.82. The Bertz CT molecular complexity index is 524. The van der Waals surface area contributed by atoms with Crippen LogP contribution < -0.4 is 5.73 Å². The molecule has 2 rings (SSSR count). The standard InChI is InChI=1S/C18H27N3O2/c1-14(20(2)11-8-15-6-4-3-5-7-15)18(23)21-12-9-16(10-13-21)17(19)22/h3-7,14,16H,8-13H2,1-2H3,(H2,19,22). The molecule has 2 N–H and O–H groups in total. The van der Waals surface area contributed by atoms with Crippen LogP contribution in [0.15, 0.2) is 30.3 Å². The van der Waals surface area contributed by atoms with Crippen molar-refractivity contribution in [1.29, 1.82) is 0 Å². The Labute approximate surface area is 138 Å². The van der Waals surface area contributed by atoms with Gasteiger partial charge in [-0.3, -0.25) is 14.5 Å². The maximum absolute atomic E-state index is 12.6. The number of nitrogens with zero attached hydrogens (tertiary/aromatic N) is 2. The number of carbonyl (C=O) groups is 2. The first-order valence-corrected chi connectivity index (χ1v) is 8.31. The largest absolute Gasteiger partial charge is 0.369 e. The molecule has 1 fully saturated rings. The summed E-state index contributed by atoms with van der Waals surface area (Å²) < 4.78 is 0. The second-order valence-electron chi connectivity index (χ2n) is 6.39. The fourth-order valence-electron chi connectivity index (χ4n) is 2.98. The highest BCUT2D eigenvalue weighted by Crippen LogP contribution is 2.18. The fourth-order valence-corrected chi connectivity index (χ4v) is 2.98. The van der Waals surface area contributed by atoms with Crippen molar-refractivity contribution < 1.29 is 9.59 Å². The first-order valence-electron chi connectivity index (χ1n) is 8.31. The Kier molecular flexibility index (Phi) is 6.16. The predicted octanol–water partition coefficient (Wildman–Crippen LogP) is 1.27. The molecule has 1 heterocycles. The van der Waals surface area contributed by atoms with Gasteiger partial charge in [-0.15, -0.1) is 0 Å². The van der Waals surface area contributed by atoms with Crippen LogP contribution in [0.25, 0.3) is 0 Å². The van der Waals surface area contributed by atoms with Gasteiger partial charge in [-0.1, -0.05) is 30.3 Å². The van der Waals surface area contributed by atoms with Crippen LogP contribution >= 0.6 is 0 Å². The Balaban J connectivity index is 1.81. The predicted molar refractivity (Wildman–Crippen MR) is 90.7 cm³/mol. The van der Waals surface area contributed by atoms with E-state index in [2.05, 4.69) is 17.0 Å². The molecule has 0 bridgehead atoms. The monoisotopic (exact) mass is 317 g/mol. The highest BCUT2D eigenvalue weighted by atomic mass is 16.2. The molecule has 0 spiro atoms. The van der Waals surface area contributed by atoms with Crippen molar-refractivity contribution >= 4 is 11.8 Å². The molecule has 5 heteroatoms. The van der Waals surface area contributed by atoms with Crippen LogP contribution in [0.4, 0.5) is 0 Å². The van der Waals surface area contributed by atoms with Crippen molar-refractivity contribution in [2.75, 3.05) is 26.7 Å². The number of rotatable bonds is 6. The number of amides is 2. The van der Waals surface area contributed by atoms with Gasteiger partial charge in [0.25, 0.3) is 0 Å². The summed E-state index contributed by atoms with van der Waals surface area (Å²) in [7, 11) is 1.99. The van der Waals surface area contributed by atoms with Crippen molar-refractivity contribution in [2.45, 2.75) is 32.2 Å². The SMILES string of the molecule is CC(C(=O)N1CCC(C(N)=O)CC1)N(C)CCc1ccccc1. The maximum Gasteiger partial charge on any atom is 0.239 e. The molecular weight excluding hydrogens is 290 g/mol. The van der Waals surface area contributed by atoms with Gasteiger partial charge in [0.1, 0.15) is 0 Å². The number of carbonyl (C=O) groups excluding carboxylic acids is 2. The van der Waals surface area contributed by atoms with E-state index in [4.69, 9.17) is 5.73 Å². The molecule has 0 aliphatic carbocycles. The topological polar surface area (TPSA) is 66.6 Å². The summed E-state index contributed by atoms with van der Waals surface area (Å²) >= 11 is 0. The number of likely N-dealkylation sites (N-methyl/N-ethyl adjacent to an activating group) is 1. The molecule has 1 saturated heterocycles. The van der Waals surface area contributed by atoms with Crippen LogP contribution in [0.1, 0.15) is 25.3 Å². The van der Waals surface area contributed by atoms with Crippen molar-refractivity contribution in [3.05, 3.63) is 35.9 Å². The average Bonchev–Trinajstić information content (AvgIpc) is 2.59. The molecule has 1 aromatic carbocycles. The molecule has 23 heavy (non-hydrogen) atoms.